The lowest BCUT2D eigenvalue weighted by Gasteiger charge is -2.43. The Bertz CT molecular complexity index is 2420. The Hall–Kier alpha value is -6.36. The van der Waals surface area contributed by atoms with Crippen molar-refractivity contribution in [3.63, 3.8) is 0 Å². The summed E-state index contributed by atoms with van der Waals surface area (Å²) in [5.41, 5.74) is 3.54. The number of aryl methyl sites for hydroxylation is 2. The van der Waals surface area contributed by atoms with E-state index in [1.165, 1.54) is 11.6 Å². The molecule has 8 rings (SSSR count). The second kappa shape index (κ2) is 16.1. The third-order valence-electron chi connectivity index (χ3n) is 12.2. The smallest absolute Gasteiger partial charge is 0.293 e. The lowest BCUT2D eigenvalue weighted by atomic mass is 9.88. The Morgan fingerprint density at radius 2 is 1.66 bits per heavy atom. The van der Waals surface area contributed by atoms with Crippen LogP contribution in [0.3, 0.4) is 0 Å². The number of rotatable bonds is 10. The van der Waals surface area contributed by atoms with Crippen molar-refractivity contribution in [2.45, 2.75) is 51.6 Å². The fourth-order valence-electron chi connectivity index (χ4n) is 8.62. The second-order valence-corrected chi connectivity index (χ2v) is 15.7. The highest BCUT2D eigenvalue weighted by atomic mass is 16.5. The van der Waals surface area contributed by atoms with Gasteiger partial charge in [-0.2, -0.15) is 4.98 Å². The van der Waals surface area contributed by atoms with E-state index in [4.69, 9.17) is 9.72 Å². The number of piperazine rings is 1. The minimum absolute atomic E-state index is 0.0849. The third-order valence-corrected chi connectivity index (χ3v) is 12.2. The van der Waals surface area contributed by atoms with Gasteiger partial charge < -0.3 is 29.7 Å². The number of benzene rings is 2. The van der Waals surface area contributed by atoms with Crippen molar-refractivity contribution in [3.05, 3.63) is 75.7 Å². The first kappa shape index (κ1) is 39.5. The predicted molar refractivity (Wildman–Crippen MR) is 220 cm³/mol. The lowest BCUT2D eigenvalue weighted by Crippen LogP contribution is -2.54. The topological polar surface area (TPSA) is 191 Å². The van der Waals surface area contributed by atoms with Gasteiger partial charge in [0.25, 0.3) is 23.3 Å². The Balaban J connectivity index is 0.859. The molecule has 308 valence electrons. The molecule has 2 unspecified atom stereocenters. The van der Waals surface area contributed by atoms with Gasteiger partial charge in [0.15, 0.2) is 12.4 Å². The Morgan fingerprint density at radius 3 is 2.39 bits per heavy atom. The molecular weight excluding hydrogens is 757 g/mol. The number of carbonyl (C=O) groups excluding carboxylic acids is 5. The second-order valence-electron chi connectivity index (χ2n) is 15.7. The van der Waals surface area contributed by atoms with Crippen LogP contribution < -0.4 is 36.0 Å². The Kier molecular flexibility index (Phi) is 10.8. The summed E-state index contributed by atoms with van der Waals surface area (Å²) in [4.78, 5) is 92.9. The minimum Gasteiger partial charge on any atom is -0.478 e. The highest BCUT2D eigenvalue weighted by Crippen LogP contribution is 2.34. The van der Waals surface area contributed by atoms with Crippen molar-refractivity contribution in [2.24, 2.45) is 13.0 Å². The number of ether oxygens (including phenoxy) is 1. The quantitative estimate of drug-likeness (QED) is 0.198. The van der Waals surface area contributed by atoms with Gasteiger partial charge in [0.1, 0.15) is 11.9 Å². The first-order valence-electron chi connectivity index (χ1n) is 20.1. The first-order chi connectivity index (χ1) is 28.4. The van der Waals surface area contributed by atoms with Gasteiger partial charge in [-0.05, 0) is 81.5 Å². The van der Waals surface area contributed by atoms with Gasteiger partial charge in [-0.3, -0.25) is 43.9 Å². The average molecular weight is 805 g/mol. The van der Waals surface area contributed by atoms with Crippen molar-refractivity contribution in [1.29, 1.82) is 0 Å². The lowest BCUT2D eigenvalue weighted by molar-refractivity contribution is -0.136. The molecule has 17 heteroatoms. The highest BCUT2D eigenvalue weighted by Gasteiger charge is 2.45. The van der Waals surface area contributed by atoms with Gasteiger partial charge >= 0.3 is 0 Å². The molecule has 0 aliphatic carbocycles. The molecule has 0 radical (unpaired) electrons. The number of carbonyl (C=O) groups is 5. The van der Waals surface area contributed by atoms with E-state index in [0.29, 0.717) is 29.3 Å². The van der Waals surface area contributed by atoms with Crippen molar-refractivity contribution in [1.82, 2.24) is 35.0 Å². The van der Waals surface area contributed by atoms with Gasteiger partial charge in [-0.25, -0.2) is 4.98 Å². The maximum Gasteiger partial charge on any atom is 0.293 e. The van der Waals surface area contributed by atoms with Crippen LogP contribution in [-0.2, 0) is 21.4 Å². The summed E-state index contributed by atoms with van der Waals surface area (Å²) < 4.78 is 7.03. The van der Waals surface area contributed by atoms with Crippen LogP contribution in [0, 0.1) is 12.8 Å². The van der Waals surface area contributed by atoms with Crippen molar-refractivity contribution < 1.29 is 28.7 Å². The molecule has 0 bridgehead atoms. The van der Waals surface area contributed by atoms with Gasteiger partial charge in [-0.1, -0.05) is 0 Å². The number of hydrogen-bond acceptors (Lipinski definition) is 13. The Labute approximate surface area is 340 Å². The fourth-order valence-corrected chi connectivity index (χ4v) is 8.62. The van der Waals surface area contributed by atoms with E-state index in [2.05, 4.69) is 42.6 Å². The van der Waals surface area contributed by atoms with Gasteiger partial charge in [0.05, 0.1) is 16.6 Å². The number of likely N-dealkylation sites (N-methyl/N-ethyl adjacent to an activating group) is 1. The molecule has 0 spiro atoms. The number of nitrogens with zero attached hydrogens (tertiary/aromatic N) is 7. The number of amides is 5. The van der Waals surface area contributed by atoms with Crippen LogP contribution >= 0.6 is 0 Å². The number of piperidine rings is 2. The first-order valence-corrected chi connectivity index (χ1v) is 20.1. The highest BCUT2D eigenvalue weighted by molar-refractivity contribution is 6.23. The zero-order valence-electron chi connectivity index (χ0n) is 33.6. The molecule has 2 aromatic heterocycles. The fraction of sp³-hybridized carbons (Fsp3) is 0.429. The van der Waals surface area contributed by atoms with E-state index < -0.39 is 29.7 Å². The summed E-state index contributed by atoms with van der Waals surface area (Å²) in [5, 5.41) is 8.94. The van der Waals surface area contributed by atoms with Crippen molar-refractivity contribution in [3.8, 4) is 5.75 Å². The molecule has 2 atom stereocenters. The summed E-state index contributed by atoms with van der Waals surface area (Å²) >= 11 is 0. The SMILES string of the molecule is CNC(=O)COc1cc2cc(Nc3nc(N4CCN(C(C)C5CCN(c6ccc7c(c6)C(=O)N(C6CCC(=O)NC6=O)C7=O)CC5)CC4)ncc3C)ccc2n(C)c1=O. The van der Waals surface area contributed by atoms with Crippen molar-refractivity contribution in [2.75, 3.05) is 68.0 Å². The number of fused-ring (bicyclic) bond motifs is 2. The molecule has 2 aromatic carbocycles. The van der Waals surface area contributed by atoms with Crippen molar-refractivity contribution >= 4 is 63.6 Å². The van der Waals surface area contributed by atoms with E-state index in [1.54, 1.807) is 25.2 Å². The molecule has 6 heterocycles. The van der Waals surface area contributed by atoms with E-state index in [-0.39, 0.29) is 42.2 Å². The zero-order chi connectivity index (χ0) is 41.5. The normalized spacial score (nSPS) is 19.5. The average Bonchev–Trinajstić information content (AvgIpc) is 3.49. The zero-order valence-corrected chi connectivity index (χ0v) is 33.6. The number of anilines is 4. The van der Waals surface area contributed by atoms with Crippen LogP contribution in [0.1, 0.15) is 58.9 Å². The molecule has 4 aromatic rings. The summed E-state index contributed by atoms with van der Waals surface area (Å²) in [5.74, 6) is -0.401. The van der Waals surface area contributed by atoms with E-state index in [1.807, 2.05) is 37.4 Å². The number of imide groups is 2. The maximum atomic E-state index is 13.4. The van der Waals surface area contributed by atoms with Crippen LogP contribution in [-0.4, -0.2) is 119 Å². The number of aromatic nitrogens is 3. The maximum absolute atomic E-state index is 13.4. The summed E-state index contributed by atoms with van der Waals surface area (Å²) in [7, 11) is 3.18. The molecule has 0 saturated carbocycles. The van der Waals surface area contributed by atoms with E-state index in [0.717, 1.165) is 84.9 Å². The van der Waals surface area contributed by atoms with E-state index >= 15 is 0 Å². The minimum atomic E-state index is -0.983. The predicted octanol–water partition coefficient (Wildman–Crippen LogP) is 2.33. The third kappa shape index (κ3) is 7.69. The van der Waals surface area contributed by atoms with E-state index in [9.17, 15) is 28.8 Å². The van der Waals surface area contributed by atoms with Gasteiger partial charge in [-0.15, -0.1) is 0 Å². The Morgan fingerprint density at radius 1 is 0.915 bits per heavy atom. The molecule has 59 heavy (non-hydrogen) atoms. The number of pyridine rings is 1. The molecule has 4 aliphatic heterocycles. The standard InChI is InChI=1S/C42H48N10O7/c1-24-22-44-42(47-37(24)45-28-5-8-32-27(19-28)20-34(41(58)48(32)4)59-23-36(54)43-3)51-17-15-49(16-18-51)25(2)26-11-13-50(14-12-26)29-6-7-30-31(21-29)40(57)52(39(30)56)33-9-10-35(53)46-38(33)55/h5-8,19-22,25-26,33H,9-18,23H2,1-4H3,(H,43,54)(H,44,45,47)(H,46,53,55). The van der Waals surface area contributed by atoms with Crippen LogP contribution in [0.2, 0.25) is 0 Å². The van der Waals surface area contributed by atoms with Crippen LogP contribution in [0.25, 0.3) is 10.9 Å². The molecule has 3 N–H and O–H groups in total. The van der Waals surface area contributed by atoms with Gasteiger partial charge in [0, 0.05) is 94.3 Å². The molecule has 4 aliphatic rings. The summed E-state index contributed by atoms with van der Waals surface area (Å²) in [6.45, 7) is 8.97. The largest absolute Gasteiger partial charge is 0.478 e. The van der Waals surface area contributed by atoms with Crippen LogP contribution in [0.15, 0.2) is 53.5 Å². The molecule has 3 saturated heterocycles. The van der Waals surface area contributed by atoms with Crippen LogP contribution in [0.5, 0.6) is 5.75 Å². The molecule has 5 amide bonds. The summed E-state index contributed by atoms with van der Waals surface area (Å²) in [6.07, 6.45) is 4.01. The summed E-state index contributed by atoms with van der Waals surface area (Å²) in [6, 6.07) is 12.0. The monoisotopic (exact) mass is 804 g/mol. The number of nitrogens with one attached hydrogen (secondary N) is 3. The van der Waals surface area contributed by atoms with Crippen LogP contribution in [0.4, 0.5) is 23.1 Å². The number of hydrogen-bond donors (Lipinski definition) is 3. The van der Waals surface area contributed by atoms with Gasteiger partial charge in [0.2, 0.25) is 17.8 Å². The molecule has 17 nitrogen and oxygen atoms in total. The molecular formula is C42H48N10O7. The molecule has 3 fully saturated rings.